The Labute approximate surface area is 196 Å². The van der Waals surface area contributed by atoms with Gasteiger partial charge in [0.1, 0.15) is 11.6 Å². The van der Waals surface area contributed by atoms with Crippen LogP contribution < -0.4 is 10.9 Å². The molecule has 1 heterocycles. The van der Waals surface area contributed by atoms with Crippen LogP contribution in [0, 0.1) is 11.6 Å². The lowest BCUT2D eigenvalue weighted by atomic mass is 10.1. The van der Waals surface area contributed by atoms with E-state index < -0.39 is 17.7 Å². The fraction of sp³-hybridized carbons (Fsp3) is 0.261. The van der Waals surface area contributed by atoms with Crippen LogP contribution >= 0.6 is 12.4 Å². The van der Waals surface area contributed by atoms with Crippen LogP contribution in [0.25, 0.3) is 11.3 Å². The Balaban J connectivity index is 0.00000385. The standard InChI is InChI=1S/C23H24F2N4O3.ClH/c1-28(2)11-4-12-32-23(31)26-18-6-3-5-16(13-18)15-29-22(30)10-9-21(27-29)19-8-7-17(24)14-20(19)25;/h3,5-10,13-14H,4,11-12,15H2,1-2H3,(H,26,31);1H. The summed E-state index contributed by atoms with van der Waals surface area (Å²) in [5, 5.41) is 6.86. The van der Waals surface area contributed by atoms with E-state index in [0.29, 0.717) is 17.9 Å². The van der Waals surface area contributed by atoms with Crippen LogP contribution in [0.3, 0.4) is 0 Å². The number of amides is 1. The number of nitrogens with one attached hydrogen (secondary N) is 1. The van der Waals surface area contributed by atoms with Crippen LogP contribution in [0.2, 0.25) is 0 Å². The molecular weight excluding hydrogens is 454 g/mol. The molecule has 33 heavy (non-hydrogen) atoms. The summed E-state index contributed by atoms with van der Waals surface area (Å²) in [7, 11) is 3.88. The molecule has 0 unspecified atom stereocenters. The lowest BCUT2D eigenvalue weighted by Gasteiger charge is -2.11. The number of hydrogen-bond acceptors (Lipinski definition) is 5. The second-order valence-corrected chi connectivity index (χ2v) is 7.46. The SMILES string of the molecule is CN(C)CCCOC(=O)Nc1cccc(Cn2nc(-c3ccc(F)cc3F)ccc2=O)c1.Cl. The zero-order valence-corrected chi connectivity index (χ0v) is 19.1. The third kappa shape index (κ3) is 7.65. The second kappa shape index (κ2) is 12.1. The van der Waals surface area contributed by atoms with Gasteiger partial charge in [-0.05, 0) is 56.4 Å². The van der Waals surface area contributed by atoms with Crippen molar-refractivity contribution in [3.63, 3.8) is 0 Å². The highest BCUT2D eigenvalue weighted by atomic mass is 35.5. The molecule has 10 heteroatoms. The molecule has 1 N–H and O–H groups in total. The molecule has 0 spiro atoms. The maximum atomic E-state index is 14.1. The molecule has 0 aliphatic rings. The van der Waals surface area contributed by atoms with Gasteiger partial charge in [0.2, 0.25) is 0 Å². The maximum Gasteiger partial charge on any atom is 0.411 e. The van der Waals surface area contributed by atoms with Crippen LogP contribution in [0.4, 0.5) is 19.3 Å². The molecule has 0 saturated carbocycles. The monoisotopic (exact) mass is 478 g/mol. The van der Waals surface area contributed by atoms with Crippen LogP contribution in [0.1, 0.15) is 12.0 Å². The first-order valence-corrected chi connectivity index (χ1v) is 10.0. The Hall–Kier alpha value is -3.30. The van der Waals surface area contributed by atoms with Gasteiger partial charge in [0, 0.05) is 29.9 Å². The van der Waals surface area contributed by atoms with Gasteiger partial charge in [0.05, 0.1) is 18.8 Å². The van der Waals surface area contributed by atoms with Gasteiger partial charge in [-0.3, -0.25) is 10.1 Å². The number of ether oxygens (including phenoxy) is 1. The second-order valence-electron chi connectivity index (χ2n) is 7.46. The largest absolute Gasteiger partial charge is 0.449 e. The molecule has 7 nitrogen and oxygen atoms in total. The lowest BCUT2D eigenvalue weighted by molar-refractivity contribution is 0.156. The van der Waals surface area contributed by atoms with E-state index in [2.05, 4.69) is 10.4 Å². The van der Waals surface area contributed by atoms with E-state index in [1.807, 2.05) is 19.0 Å². The predicted molar refractivity (Wildman–Crippen MR) is 125 cm³/mol. The van der Waals surface area contributed by atoms with E-state index >= 15 is 0 Å². The molecule has 1 amide bonds. The Morgan fingerprint density at radius 3 is 2.64 bits per heavy atom. The maximum absolute atomic E-state index is 14.1. The number of carbonyl (C=O) groups is 1. The van der Waals surface area contributed by atoms with Crippen molar-refractivity contribution in [3.8, 4) is 11.3 Å². The van der Waals surface area contributed by atoms with Gasteiger partial charge in [-0.25, -0.2) is 18.3 Å². The first-order valence-electron chi connectivity index (χ1n) is 10.0. The minimum absolute atomic E-state index is 0. The molecule has 0 radical (unpaired) electrons. The summed E-state index contributed by atoms with van der Waals surface area (Å²) in [6, 6.07) is 12.7. The van der Waals surface area contributed by atoms with Crippen molar-refractivity contribution in [1.82, 2.24) is 14.7 Å². The fourth-order valence-corrected chi connectivity index (χ4v) is 3.02. The van der Waals surface area contributed by atoms with E-state index in [-0.39, 0.29) is 35.8 Å². The summed E-state index contributed by atoms with van der Waals surface area (Å²) in [6.07, 6.45) is 0.157. The minimum atomic E-state index is -0.766. The summed E-state index contributed by atoms with van der Waals surface area (Å²) in [5.74, 6) is -1.46. The molecule has 0 bridgehead atoms. The van der Waals surface area contributed by atoms with Crippen molar-refractivity contribution >= 4 is 24.2 Å². The first-order chi connectivity index (χ1) is 15.3. The zero-order chi connectivity index (χ0) is 23.1. The zero-order valence-electron chi connectivity index (χ0n) is 18.3. The molecule has 3 aromatic rings. The van der Waals surface area contributed by atoms with Gasteiger partial charge in [-0.15, -0.1) is 12.4 Å². The molecule has 3 rings (SSSR count). The number of hydrogen-bond donors (Lipinski definition) is 1. The molecule has 2 aromatic carbocycles. The van der Waals surface area contributed by atoms with Crippen molar-refractivity contribution in [1.29, 1.82) is 0 Å². The average Bonchev–Trinajstić information content (AvgIpc) is 2.73. The molecular formula is C23H25ClF2N4O3. The number of aromatic nitrogens is 2. The summed E-state index contributed by atoms with van der Waals surface area (Å²) in [6.45, 7) is 1.21. The number of benzene rings is 2. The van der Waals surface area contributed by atoms with Gasteiger partial charge in [0.15, 0.2) is 0 Å². The Morgan fingerprint density at radius 2 is 1.91 bits per heavy atom. The molecule has 1 aromatic heterocycles. The number of anilines is 1. The van der Waals surface area contributed by atoms with Gasteiger partial charge in [-0.2, -0.15) is 5.10 Å². The summed E-state index contributed by atoms with van der Waals surface area (Å²) in [5.41, 5.74) is 1.12. The molecule has 0 saturated heterocycles. The normalized spacial score (nSPS) is 10.6. The molecule has 0 atom stereocenters. The topological polar surface area (TPSA) is 76.5 Å². The van der Waals surface area contributed by atoms with Crippen molar-refractivity contribution in [2.45, 2.75) is 13.0 Å². The minimum Gasteiger partial charge on any atom is -0.449 e. The highest BCUT2D eigenvalue weighted by molar-refractivity contribution is 5.85. The summed E-state index contributed by atoms with van der Waals surface area (Å²) in [4.78, 5) is 26.2. The van der Waals surface area contributed by atoms with Gasteiger partial charge in [0.25, 0.3) is 5.56 Å². The number of halogens is 3. The highest BCUT2D eigenvalue weighted by Gasteiger charge is 2.11. The first kappa shape index (κ1) is 26.0. The number of rotatable bonds is 8. The number of carbonyl (C=O) groups excluding carboxylic acids is 1. The third-order valence-electron chi connectivity index (χ3n) is 4.56. The molecule has 176 valence electrons. The Morgan fingerprint density at radius 1 is 1.12 bits per heavy atom. The highest BCUT2D eigenvalue weighted by Crippen LogP contribution is 2.20. The van der Waals surface area contributed by atoms with E-state index in [9.17, 15) is 18.4 Å². The number of nitrogens with zero attached hydrogens (tertiary/aromatic N) is 3. The average molecular weight is 479 g/mol. The molecule has 0 fully saturated rings. The van der Waals surface area contributed by atoms with Gasteiger partial charge in [-0.1, -0.05) is 12.1 Å². The van der Waals surface area contributed by atoms with Crippen molar-refractivity contribution < 1.29 is 18.3 Å². The lowest BCUT2D eigenvalue weighted by Crippen LogP contribution is -2.23. The Bertz CT molecular complexity index is 1150. The van der Waals surface area contributed by atoms with E-state index in [1.165, 1.54) is 22.9 Å². The van der Waals surface area contributed by atoms with Gasteiger partial charge >= 0.3 is 6.09 Å². The van der Waals surface area contributed by atoms with Crippen LogP contribution in [-0.4, -0.2) is 48.0 Å². The Kier molecular flexibility index (Phi) is 9.50. The predicted octanol–water partition coefficient (Wildman–Crippen LogP) is 4.16. The summed E-state index contributed by atoms with van der Waals surface area (Å²) >= 11 is 0. The third-order valence-corrected chi connectivity index (χ3v) is 4.56. The van der Waals surface area contributed by atoms with Crippen molar-refractivity contribution in [2.24, 2.45) is 0 Å². The molecule has 0 aliphatic carbocycles. The quantitative estimate of drug-likeness (QED) is 0.492. The smallest absolute Gasteiger partial charge is 0.411 e. The van der Waals surface area contributed by atoms with E-state index in [1.54, 1.807) is 24.3 Å². The van der Waals surface area contributed by atoms with Gasteiger partial charge < -0.3 is 9.64 Å². The fourth-order valence-electron chi connectivity index (χ4n) is 3.02. The van der Waals surface area contributed by atoms with Crippen LogP contribution in [0.5, 0.6) is 0 Å². The van der Waals surface area contributed by atoms with Crippen LogP contribution in [0.15, 0.2) is 59.4 Å². The summed E-state index contributed by atoms with van der Waals surface area (Å²) < 4.78 is 33.6. The van der Waals surface area contributed by atoms with Crippen molar-refractivity contribution in [3.05, 3.63) is 82.1 Å². The van der Waals surface area contributed by atoms with Crippen LogP contribution in [-0.2, 0) is 11.3 Å². The van der Waals surface area contributed by atoms with Crippen molar-refractivity contribution in [2.75, 3.05) is 32.6 Å². The van der Waals surface area contributed by atoms with E-state index in [0.717, 1.165) is 25.1 Å². The van der Waals surface area contributed by atoms with E-state index in [4.69, 9.17) is 4.74 Å². The molecule has 0 aliphatic heterocycles.